The molecule has 3 aromatic carbocycles. The molecule has 7 nitrogen and oxygen atoms in total. The van der Waals surface area contributed by atoms with Crippen molar-refractivity contribution in [1.29, 1.82) is 0 Å². The number of amides is 2. The quantitative estimate of drug-likeness (QED) is 0.179. The van der Waals surface area contributed by atoms with E-state index in [1.165, 1.54) is 11.1 Å². The molecule has 212 valence electrons. The zero-order valence-corrected chi connectivity index (χ0v) is 24.6. The first-order valence-corrected chi connectivity index (χ1v) is 15.3. The van der Waals surface area contributed by atoms with Crippen LogP contribution in [-0.4, -0.2) is 67.8 Å². The molecule has 5 rings (SSSR count). The molecular weight excluding hydrogens is 530 g/mol. The first-order valence-electron chi connectivity index (χ1n) is 14.3. The topological polar surface area (TPSA) is 71.3 Å². The van der Waals surface area contributed by atoms with Crippen molar-refractivity contribution in [3.63, 3.8) is 0 Å². The maximum Gasteiger partial charge on any atom is 0.223 e. The molecule has 0 spiro atoms. The predicted molar refractivity (Wildman–Crippen MR) is 164 cm³/mol. The third-order valence-electron chi connectivity index (χ3n) is 7.46. The van der Waals surface area contributed by atoms with Gasteiger partial charge in [-0.3, -0.25) is 14.2 Å². The Kier molecular flexibility index (Phi) is 9.51. The number of thioether (sulfide) groups is 1. The average Bonchev–Trinajstić information content (AvgIpc) is 3.43. The van der Waals surface area contributed by atoms with Crippen LogP contribution in [0.2, 0.25) is 0 Å². The normalized spacial score (nSPS) is 15.2. The third-order valence-corrected chi connectivity index (χ3v) is 8.48. The summed E-state index contributed by atoms with van der Waals surface area (Å²) < 4.78 is 2.10. The Labute approximate surface area is 246 Å². The zero-order chi connectivity index (χ0) is 28.6. The largest absolute Gasteiger partial charge is 0.339 e. The standard InChI is InChI=1S/C33H37N5O2S/c1-25-11-9-16-29(23-25)38-32(28-14-7-4-8-15-28)34-35-33(38)41-22-10-17-30(39)36-20-21-37(26(2)24-36)31(40)19-18-27-12-5-3-6-13-27/h3-9,11-16,23,26H,10,17-22,24H2,1-2H3. The Balaban J connectivity index is 1.13. The number of aryl methyl sites for hydroxylation is 2. The molecule has 1 atom stereocenters. The maximum atomic E-state index is 13.0. The second-order valence-corrected chi connectivity index (χ2v) is 11.6. The molecule has 1 aliphatic rings. The average molecular weight is 568 g/mol. The van der Waals surface area contributed by atoms with Crippen molar-refractivity contribution in [2.75, 3.05) is 25.4 Å². The van der Waals surface area contributed by atoms with Crippen LogP contribution in [-0.2, 0) is 16.0 Å². The van der Waals surface area contributed by atoms with Gasteiger partial charge in [0.25, 0.3) is 0 Å². The van der Waals surface area contributed by atoms with Crippen molar-refractivity contribution >= 4 is 23.6 Å². The molecule has 1 aliphatic heterocycles. The molecule has 4 aromatic rings. The molecule has 1 unspecified atom stereocenters. The molecule has 0 bridgehead atoms. The van der Waals surface area contributed by atoms with Crippen LogP contribution in [0.5, 0.6) is 0 Å². The number of nitrogens with zero attached hydrogens (tertiary/aromatic N) is 5. The second-order valence-electron chi connectivity index (χ2n) is 10.6. The summed E-state index contributed by atoms with van der Waals surface area (Å²) in [5, 5.41) is 9.86. The highest BCUT2D eigenvalue weighted by Gasteiger charge is 2.29. The number of carbonyl (C=O) groups is 2. The smallest absolute Gasteiger partial charge is 0.223 e. The summed E-state index contributed by atoms with van der Waals surface area (Å²) in [6.07, 6.45) is 2.47. The minimum absolute atomic E-state index is 0.0228. The van der Waals surface area contributed by atoms with E-state index < -0.39 is 0 Å². The van der Waals surface area contributed by atoms with Crippen molar-refractivity contribution in [2.24, 2.45) is 0 Å². The van der Waals surface area contributed by atoms with E-state index in [1.54, 1.807) is 11.8 Å². The fraction of sp³-hybridized carbons (Fsp3) is 0.333. The minimum atomic E-state index is 0.0228. The molecule has 1 fully saturated rings. The van der Waals surface area contributed by atoms with E-state index >= 15 is 0 Å². The summed E-state index contributed by atoms with van der Waals surface area (Å²) in [5.41, 5.74) is 4.38. The van der Waals surface area contributed by atoms with Crippen LogP contribution in [0.1, 0.15) is 37.3 Å². The number of hydrogen-bond acceptors (Lipinski definition) is 5. The molecular formula is C33H37N5O2S. The second kappa shape index (κ2) is 13.6. The van der Waals surface area contributed by atoms with Crippen molar-refractivity contribution in [1.82, 2.24) is 24.6 Å². The Morgan fingerprint density at radius 1 is 0.878 bits per heavy atom. The van der Waals surface area contributed by atoms with Crippen LogP contribution < -0.4 is 0 Å². The lowest BCUT2D eigenvalue weighted by Gasteiger charge is -2.40. The van der Waals surface area contributed by atoms with Gasteiger partial charge in [-0.25, -0.2) is 0 Å². The van der Waals surface area contributed by atoms with E-state index in [-0.39, 0.29) is 17.9 Å². The van der Waals surface area contributed by atoms with Gasteiger partial charge in [0.1, 0.15) is 0 Å². The summed E-state index contributed by atoms with van der Waals surface area (Å²) in [7, 11) is 0. The van der Waals surface area contributed by atoms with Gasteiger partial charge >= 0.3 is 0 Å². The Morgan fingerprint density at radius 3 is 2.37 bits per heavy atom. The van der Waals surface area contributed by atoms with Crippen molar-refractivity contribution in [2.45, 2.75) is 50.7 Å². The Bertz CT molecular complexity index is 1460. The van der Waals surface area contributed by atoms with Crippen molar-refractivity contribution in [3.05, 3.63) is 96.1 Å². The molecule has 2 heterocycles. The van der Waals surface area contributed by atoms with Crippen molar-refractivity contribution in [3.8, 4) is 17.1 Å². The van der Waals surface area contributed by atoms with E-state index in [0.717, 1.165) is 40.8 Å². The molecule has 0 N–H and O–H groups in total. The lowest BCUT2D eigenvalue weighted by molar-refractivity contribution is -0.142. The molecule has 1 saturated heterocycles. The number of carbonyl (C=O) groups excluding carboxylic acids is 2. The Hall–Kier alpha value is -3.91. The summed E-state index contributed by atoms with van der Waals surface area (Å²) in [5.74, 6) is 1.88. The SMILES string of the molecule is Cc1cccc(-n2c(SCCCC(=O)N3CCN(C(=O)CCc4ccccc4)C(C)C3)nnc2-c2ccccc2)c1. The molecule has 41 heavy (non-hydrogen) atoms. The number of rotatable bonds is 10. The number of hydrogen-bond donors (Lipinski definition) is 0. The summed E-state index contributed by atoms with van der Waals surface area (Å²) in [4.78, 5) is 29.7. The van der Waals surface area contributed by atoms with Crippen LogP contribution >= 0.6 is 11.8 Å². The van der Waals surface area contributed by atoms with Crippen molar-refractivity contribution < 1.29 is 9.59 Å². The maximum absolute atomic E-state index is 13.0. The van der Waals surface area contributed by atoms with E-state index in [1.807, 2.05) is 71.3 Å². The molecule has 0 saturated carbocycles. The van der Waals surface area contributed by atoms with Gasteiger partial charge in [0.2, 0.25) is 11.8 Å². The van der Waals surface area contributed by atoms with Gasteiger partial charge in [-0.05, 0) is 49.9 Å². The van der Waals surface area contributed by atoms with E-state index in [4.69, 9.17) is 0 Å². The monoisotopic (exact) mass is 567 g/mol. The van der Waals surface area contributed by atoms with Crippen LogP contribution in [0.3, 0.4) is 0 Å². The van der Waals surface area contributed by atoms with Gasteiger partial charge in [-0.2, -0.15) is 0 Å². The molecule has 0 aliphatic carbocycles. The van der Waals surface area contributed by atoms with Crippen LogP contribution in [0.4, 0.5) is 0 Å². The van der Waals surface area contributed by atoms with Gasteiger partial charge < -0.3 is 9.80 Å². The zero-order valence-electron chi connectivity index (χ0n) is 23.8. The summed E-state index contributed by atoms with van der Waals surface area (Å²) in [6.45, 7) is 5.89. The molecule has 8 heteroatoms. The van der Waals surface area contributed by atoms with E-state index in [9.17, 15) is 9.59 Å². The molecule has 1 aromatic heterocycles. The van der Waals surface area contributed by atoms with Crippen LogP contribution in [0.25, 0.3) is 17.1 Å². The first-order chi connectivity index (χ1) is 20.0. The van der Waals surface area contributed by atoms with Gasteiger partial charge in [0.15, 0.2) is 11.0 Å². The van der Waals surface area contributed by atoms with Gasteiger partial charge in [0.05, 0.1) is 0 Å². The summed E-state index contributed by atoms with van der Waals surface area (Å²) in [6, 6.07) is 28.5. The highest BCUT2D eigenvalue weighted by molar-refractivity contribution is 7.99. The third kappa shape index (κ3) is 7.24. The van der Waals surface area contributed by atoms with Gasteiger partial charge in [0, 0.05) is 55.5 Å². The highest BCUT2D eigenvalue weighted by atomic mass is 32.2. The highest BCUT2D eigenvalue weighted by Crippen LogP contribution is 2.29. The fourth-order valence-corrected chi connectivity index (χ4v) is 6.17. The number of benzene rings is 3. The molecule has 0 radical (unpaired) electrons. The fourth-order valence-electron chi connectivity index (χ4n) is 5.28. The van der Waals surface area contributed by atoms with E-state index in [0.29, 0.717) is 32.5 Å². The number of aromatic nitrogens is 3. The summed E-state index contributed by atoms with van der Waals surface area (Å²) >= 11 is 1.63. The minimum Gasteiger partial charge on any atom is -0.339 e. The van der Waals surface area contributed by atoms with Gasteiger partial charge in [-0.1, -0.05) is 84.6 Å². The predicted octanol–water partition coefficient (Wildman–Crippen LogP) is 5.81. The van der Waals surface area contributed by atoms with E-state index in [2.05, 4.69) is 52.0 Å². The first kappa shape index (κ1) is 28.6. The number of piperazine rings is 1. The Morgan fingerprint density at radius 2 is 1.63 bits per heavy atom. The van der Waals surface area contributed by atoms with Gasteiger partial charge in [-0.15, -0.1) is 10.2 Å². The van der Waals surface area contributed by atoms with Crippen LogP contribution in [0.15, 0.2) is 90.1 Å². The van der Waals surface area contributed by atoms with Crippen LogP contribution in [0, 0.1) is 6.92 Å². The molecule has 2 amide bonds. The lowest BCUT2D eigenvalue weighted by Crippen LogP contribution is -2.55. The lowest BCUT2D eigenvalue weighted by atomic mass is 10.1.